The molecule has 12 heteroatoms. The highest BCUT2D eigenvalue weighted by Crippen LogP contribution is 2.43. The molecule has 0 radical (unpaired) electrons. The van der Waals surface area contributed by atoms with Crippen molar-refractivity contribution in [3.05, 3.63) is 58.7 Å². The van der Waals surface area contributed by atoms with E-state index in [0.717, 1.165) is 41.5 Å². The van der Waals surface area contributed by atoms with Gasteiger partial charge in [-0.15, -0.1) is 0 Å². The number of rotatable bonds is 8. The number of carbonyl (C=O) groups excluding carboxylic acids is 6. The van der Waals surface area contributed by atoms with E-state index in [0.29, 0.717) is 43.4 Å². The van der Waals surface area contributed by atoms with Crippen LogP contribution < -0.4 is 0 Å². The maximum Gasteiger partial charge on any atom is 0.411 e. The molecule has 4 aliphatic rings. The number of esters is 2. The fraction of sp³-hybridized carbons (Fsp3) is 0.550. The summed E-state index contributed by atoms with van der Waals surface area (Å²) in [7, 11) is 0. The van der Waals surface area contributed by atoms with E-state index in [-0.39, 0.29) is 23.5 Å². The van der Waals surface area contributed by atoms with Crippen LogP contribution in [-0.2, 0) is 41.4 Å². The fourth-order valence-electron chi connectivity index (χ4n) is 7.78. The smallest absolute Gasteiger partial charge is 0.411 e. The summed E-state index contributed by atoms with van der Waals surface area (Å²) in [6, 6.07) is 9.15. The SMILES string of the molecule is CC(C)(C)OC(=O)N1CCC[C@H]1C(=O)OCC(=O)c1ccc2c(c1)CCc1cc(C(=O)COC(=O)[C@@H]3C4CCC(C4)N3C(=O)OC(C)(C)C)ccc1-2. The van der Waals surface area contributed by atoms with Gasteiger partial charge < -0.3 is 18.9 Å². The van der Waals surface area contributed by atoms with Crippen molar-refractivity contribution < 1.29 is 47.7 Å². The van der Waals surface area contributed by atoms with E-state index in [1.165, 1.54) is 9.80 Å². The minimum Gasteiger partial charge on any atom is -0.456 e. The molecule has 278 valence electrons. The Hall–Kier alpha value is -4.74. The van der Waals surface area contributed by atoms with Gasteiger partial charge in [0.25, 0.3) is 0 Å². The second-order valence-corrected chi connectivity index (χ2v) is 16.2. The standard InChI is InChI=1S/C40H48N2O10/c1-39(2,3)51-37(47)41-17-7-8-31(41)35(45)49-21-32(43)25-12-15-29-23(18-25)9-10-24-19-26(13-16-30(24)29)33(44)22-50-36(46)34-27-11-14-28(20-27)42(34)38(48)52-40(4,5)6/h12-13,15-16,18-19,27-28,31,34H,7-11,14,17,20-22H2,1-6H3/t27?,28?,31-,34-/m0/s1. The Labute approximate surface area is 304 Å². The van der Waals surface area contributed by atoms with Crippen LogP contribution in [0.1, 0.15) is 105 Å². The van der Waals surface area contributed by atoms with Gasteiger partial charge in [0.15, 0.2) is 24.8 Å². The molecule has 2 amide bonds. The number of nitrogens with zero attached hydrogens (tertiary/aromatic N) is 2. The zero-order valence-electron chi connectivity index (χ0n) is 30.8. The zero-order chi connectivity index (χ0) is 37.5. The van der Waals surface area contributed by atoms with Crippen molar-refractivity contribution in [2.24, 2.45) is 5.92 Å². The molecule has 3 fully saturated rings. The highest BCUT2D eigenvalue weighted by atomic mass is 16.6. The molecule has 0 spiro atoms. The first-order valence-electron chi connectivity index (χ1n) is 18.2. The van der Waals surface area contributed by atoms with Crippen LogP contribution in [0.15, 0.2) is 36.4 Å². The molecule has 2 aliphatic heterocycles. The number of Topliss-reactive ketones (excluding diaryl/α,β-unsaturated/α-hetero) is 2. The average molecular weight is 717 g/mol. The average Bonchev–Trinajstić information content (AvgIpc) is 3.84. The second-order valence-electron chi connectivity index (χ2n) is 16.2. The lowest BCUT2D eigenvalue weighted by Crippen LogP contribution is -2.51. The molecule has 1 saturated carbocycles. The molecular formula is C40H48N2O10. The van der Waals surface area contributed by atoms with E-state index in [2.05, 4.69) is 0 Å². The molecule has 0 aromatic heterocycles. The zero-order valence-corrected chi connectivity index (χ0v) is 30.8. The molecule has 2 saturated heterocycles. The summed E-state index contributed by atoms with van der Waals surface area (Å²) in [6.07, 6.45) is 3.60. The van der Waals surface area contributed by atoms with Crippen LogP contribution in [-0.4, -0.2) is 94.6 Å². The Morgan fingerprint density at radius 3 is 1.79 bits per heavy atom. The van der Waals surface area contributed by atoms with E-state index in [1.54, 1.807) is 53.7 Å². The van der Waals surface area contributed by atoms with Crippen molar-refractivity contribution in [3.8, 4) is 11.1 Å². The molecule has 2 unspecified atom stereocenters. The van der Waals surface area contributed by atoms with E-state index < -0.39 is 60.6 Å². The largest absolute Gasteiger partial charge is 0.456 e. The maximum atomic E-state index is 13.2. The van der Waals surface area contributed by atoms with Gasteiger partial charge in [0.2, 0.25) is 0 Å². The molecule has 2 aromatic rings. The van der Waals surface area contributed by atoms with E-state index in [4.69, 9.17) is 18.9 Å². The normalized spacial score (nSPS) is 22.0. The lowest BCUT2D eigenvalue weighted by molar-refractivity contribution is -0.150. The minimum absolute atomic E-state index is 0.0107. The van der Waals surface area contributed by atoms with Crippen molar-refractivity contribution in [2.45, 2.75) is 116 Å². The molecule has 2 heterocycles. The van der Waals surface area contributed by atoms with Crippen molar-refractivity contribution in [1.29, 1.82) is 0 Å². The van der Waals surface area contributed by atoms with Crippen molar-refractivity contribution in [1.82, 2.24) is 9.80 Å². The van der Waals surface area contributed by atoms with Crippen LogP contribution >= 0.6 is 0 Å². The van der Waals surface area contributed by atoms with Gasteiger partial charge in [0.1, 0.15) is 23.3 Å². The predicted molar refractivity (Wildman–Crippen MR) is 189 cm³/mol. The van der Waals surface area contributed by atoms with Gasteiger partial charge in [-0.3, -0.25) is 19.4 Å². The van der Waals surface area contributed by atoms with Crippen LogP contribution in [0, 0.1) is 5.92 Å². The number of piperidine rings is 1. The number of ketones is 2. The topological polar surface area (TPSA) is 146 Å². The van der Waals surface area contributed by atoms with Gasteiger partial charge in [-0.2, -0.15) is 0 Å². The number of ether oxygens (including phenoxy) is 4. The predicted octanol–water partition coefficient (Wildman–Crippen LogP) is 6.09. The van der Waals surface area contributed by atoms with Crippen molar-refractivity contribution in [3.63, 3.8) is 0 Å². The Morgan fingerprint density at radius 1 is 0.692 bits per heavy atom. The molecule has 52 heavy (non-hydrogen) atoms. The van der Waals surface area contributed by atoms with E-state index in [1.807, 2.05) is 24.3 Å². The minimum atomic E-state index is -0.789. The number of carbonyl (C=O) groups is 6. The third-order valence-corrected chi connectivity index (χ3v) is 10.1. The number of benzene rings is 2. The summed E-state index contributed by atoms with van der Waals surface area (Å²) in [5, 5.41) is 0. The number of likely N-dealkylation sites (tertiary alicyclic amines) is 2. The Kier molecular flexibility index (Phi) is 10.2. The van der Waals surface area contributed by atoms with Crippen LogP contribution in [0.4, 0.5) is 9.59 Å². The Bertz CT molecular complexity index is 1790. The lowest BCUT2D eigenvalue weighted by Gasteiger charge is -2.35. The van der Waals surface area contributed by atoms with Gasteiger partial charge >= 0.3 is 24.1 Å². The summed E-state index contributed by atoms with van der Waals surface area (Å²) in [5.74, 6) is -1.91. The highest BCUT2D eigenvalue weighted by Gasteiger charge is 2.53. The molecule has 4 atom stereocenters. The monoisotopic (exact) mass is 716 g/mol. The van der Waals surface area contributed by atoms with Crippen molar-refractivity contribution >= 4 is 35.7 Å². The van der Waals surface area contributed by atoms with Gasteiger partial charge in [-0.05, 0) is 127 Å². The third-order valence-electron chi connectivity index (χ3n) is 10.1. The Morgan fingerprint density at radius 2 is 1.23 bits per heavy atom. The lowest BCUT2D eigenvalue weighted by atomic mass is 9.83. The van der Waals surface area contributed by atoms with Crippen LogP contribution in [0.25, 0.3) is 11.1 Å². The number of fused-ring (bicyclic) bond motifs is 5. The third kappa shape index (κ3) is 8.00. The summed E-state index contributed by atoms with van der Waals surface area (Å²) < 4.78 is 21.9. The van der Waals surface area contributed by atoms with E-state index in [9.17, 15) is 28.8 Å². The second kappa shape index (κ2) is 14.4. The molecule has 6 rings (SSSR count). The molecule has 2 aliphatic carbocycles. The molecule has 0 N–H and O–H groups in total. The summed E-state index contributed by atoms with van der Waals surface area (Å²) in [4.78, 5) is 80.7. The summed E-state index contributed by atoms with van der Waals surface area (Å²) in [6.45, 7) is 10.1. The van der Waals surface area contributed by atoms with Gasteiger partial charge in [0.05, 0.1) is 0 Å². The molecule has 2 bridgehead atoms. The molecule has 2 aromatic carbocycles. The highest BCUT2D eigenvalue weighted by molar-refractivity contribution is 6.00. The number of hydrogen-bond donors (Lipinski definition) is 0. The summed E-state index contributed by atoms with van der Waals surface area (Å²) >= 11 is 0. The summed E-state index contributed by atoms with van der Waals surface area (Å²) in [5.41, 5.74) is 3.26. The van der Waals surface area contributed by atoms with Gasteiger partial charge in [-0.1, -0.05) is 24.3 Å². The number of amides is 2. The first-order valence-corrected chi connectivity index (χ1v) is 18.2. The van der Waals surface area contributed by atoms with Crippen LogP contribution in [0.3, 0.4) is 0 Å². The van der Waals surface area contributed by atoms with Gasteiger partial charge in [-0.25, -0.2) is 19.2 Å². The number of aryl methyl sites for hydroxylation is 2. The first kappa shape index (κ1) is 37.0. The number of hydrogen-bond acceptors (Lipinski definition) is 10. The van der Waals surface area contributed by atoms with Crippen molar-refractivity contribution in [2.75, 3.05) is 19.8 Å². The van der Waals surface area contributed by atoms with E-state index >= 15 is 0 Å². The Balaban J connectivity index is 1.04. The molecular weight excluding hydrogens is 668 g/mol. The van der Waals surface area contributed by atoms with Gasteiger partial charge in [0, 0.05) is 23.7 Å². The fourth-order valence-corrected chi connectivity index (χ4v) is 7.78. The first-order chi connectivity index (χ1) is 24.5. The van der Waals surface area contributed by atoms with Crippen LogP contribution in [0.2, 0.25) is 0 Å². The molecule has 12 nitrogen and oxygen atoms in total. The quantitative estimate of drug-likeness (QED) is 0.179. The maximum absolute atomic E-state index is 13.2. The van der Waals surface area contributed by atoms with Crippen LogP contribution in [0.5, 0.6) is 0 Å².